The van der Waals surface area contributed by atoms with Crippen LogP contribution < -0.4 is 10.1 Å². The van der Waals surface area contributed by atoms with E-state index in [2.05, 4.69) is 15.3 Å². The molecule has 0 saturated carbocycles. The van der Waals surface area contributed by atoms with E-state index in [1.165, 1.54) is 17.7 Å². The molecule has 140 valence electrons. The van der Waals surface area contributed by atoms with E-state index >= 15 is 0 Å². The summed E-state index contributed by atoms with van der Waals surface area (Å²) >= 11 is 1.52. The van der Waals surface area contributed by atoms with E-state index < -0.39 is 5.97 Å². The highest BCUT2D eigenvalue weighted by atomic mass is 32.1. The van der Waals surface area contributed by atoms with Gasteiger partial charge in [-0.2, -0.15) is 0 Å². The van der Waals surface area contributed by atoms with Gasteiger partial charge in [0, 0.05) is 10.9 Å². The number of ether oxygens (including phenoxy) is 1. The van der Waals surface area contributed by atoms with Crippen LogP contribution in [0.25, 0.3) is 21.3 Å². The number of nitrogens with one attached hydrogen (secondary N) is 1. The van der Waals surface area contributed by atoms with Crippen molar-refractivity contribution in [2.24, 2.45) is 0 Å². The van der Waals surface area contributed by atoms with Gasteiger partial charge in [0.05, 0.1) is 23.2 Å². The van der Waals surface area contributed by atoms with Crippen LogP contribution in [0, 0.1) is 0 Å². The van der Waals surface area contributed by atoms with Gasteiger partial charge in [-0.3, -0.25) is 0 Å². The van der Waals surface area contributed by atoms with Gasteiger partial charge >= 0.3 is 5.97 Å². The Bertz CT molecular complexity index is 1140. The quantitative estimate of drug-likeness (QED) is 0.470. The first-order valence-corrected chi connectivity index (χ1v) is 9.60. The maximum atomic E-state index is 11.5. The van der Waals surface area contributed by atoms with Crippen molar-refractivity contribution in [2.75, 3.05) is 11.9 Å². The highest BCUT2D eigenvalue weighted by molar-refractivity contribution is 7.17. The lowest BCUT2D eigenvalue weighted by molar-refractivity contribution is 0.0698. The molecule has 0 saturated heterocycles. The summed E-state index contributed by atoms with van der Waals surface area (Å²) in [5, 5.41) is 15.5. The van der Waals surface area contributed by atoms with Gasteiger partial charge in [0.1, 0.15) is 22.7 Å². The van der Waals surface area contributed by atoms with E-state index in [1.54, 1.807) is 24.3 Å². The van der Waals surface area contributed by atoms with Crippen molar-refractivity contribution < 1.29 is 14.6 Å². The number of anilines is 2. The third kappa shape index (κ3) is 3.39. The van der Waals surface area contributed by atoms with E-state index in [-0.39, 0.29) is 5.56 Å². The molecule has 0 aliphatic rings. The van der Waals surface area contributed by atoms with Gasteiger partial charge in [-0.25, -0.2) is 14.8 Å². The van der Waals surface area contributed by atoms with Crippen molar-refractivity contribution in [2.45, 2.75) is 6.92 Å². The molecule has 4 rings (SSSR count). The molecule has 2 N–H and O–H groups in total. The van der Waals surface area contributed by atoms with Gasteiger partial charge < -0.3 is 15.2 Å². The summed E-state index contributed by atoms with van der Waals surface area (Å²) in [4.78, 5) is 21.1. The molecule has 0 spiro atoms. The number of hydrogen-bond donors (Lipinski definition) is 2. The first-order valence-electron chi connectivity index (χ1n) is 8.72. The second-order valence-corrected chi connectivity index (χ2v) is 6.84. The van der Waals surface area contributed by atoms with Crippen LogP contribution in [0.3, 0.4) is 0 Å². The molecule has 0 aliphatic carbocycles. The molecule has 2 aromatic carbocycles. The second-order valence-electron chi connectivity index (χ2n) is 5.98. The maximum Gasteiger partial charge on any atom is 0.337 e. The number of carboxylic acids is 1. The molecule has 7 heteroatoms. The summed E-state index contributed by atoms with van der Waals surface area (Å²) < 4.78 is 5.51. The zero-order chi connectivity index (χ0) is 19.5. The molecule has 0 aliphatic heterocycles. The zero-order valence-electron chi connectivity index (χ0n) is 15.0. The fourth-order valence-corrected chi connectivity index (χ4v) is 3.90. The Balaban J connectivity index is 1.79. The predicted molar refractivity (Wildman–Crippen MR) is 111 cm³/mol. The molecular weight excluding hydrogens is 374 g/mol. The summed E-state index contributed by atoms with van der Waals surface area (Å²) in [5.41, 5.74) is 2.67. The summed E-state index contributed by atoms with van der Waals surface area (Å²) in [6.07, 6.45) is 1.48. The molecule has 0 atom stereocenters. The lowest BCUT2D eigenvalue weighted by Crippen LogP contribution is -2.03. The SMILES string of the molecule is CCOc1ccc(-c2csc3ncnc(Nc4ccccc4C(=O)O)c23)cc1. The lowest BCUT2D eigenvalue weighted by Gasteiger charge is -2.11. The fourth-order valence-electron chi connectivity index (χ4n) is 2.99. The molecule has 0 radical (unpaired) electrons. The summed E-state index contributed by atoms with van der Waals surface area (Å²) in [5.74, 6) is 0.394. The Hall–Kier alpha value is -3.45. The number of benzene rings is 2. The van der Waals surface area contributed by atoms with Crippen LogP contribution >= 0.6 is 11.3 Å². The van der Waals surface area contributed by atoms with Crippen molar-refractivity contribution in [3.05, 3.63) is 65.8 Å². The summed E-state index contributed by atoms with van der Waals surface area (Å²) in [6, 6.07) is 14.6. The number of thiophene rings is 1. The third-order valence-electron chi connectivity index (χ3n) is 4.26. The maximum absolute atomic E-state index is 11.5. The average molecular weight is 391 g/mol. The molecular formula is C21H17N3O3S. The highest BCUT2D eigenvalue weighted by Crippen LogP contribution is 2.38. The second kappa shape index (κ2) is 7.66. The van der Waals surface area contributed by atoms with Gasteiger partial charge in [-0.15, -0.1) is 11.3 Å². The van der Waals surface area contributed by atoms with Crippen LogP contribution in [0.1, 0.15) is 17.3 Å². The van der Waals surface area contributed by atoms with Gasteiger partial charge in [0.25, 0.3) is 0 Å². The fraction of sp³-hybridized carbons (Fsp3) is 0.0952. The number of hydrogen-bond acceptors (Lipinski definition) is 6. The van der Waals surface area contributed by atoms with Gasteiger partial charge in [0.15, 0.2) is 0 Å². The third-order valence-corrected chi connectivity index (χ3v) is 5.14. The molecule has 0 bridgehead atoms. The molecule has 0 fully saturated rings. The van der Waals surface area contributed by atoms with Crippen LogP contribution in [0.5, 0.6) is 5.75 Å². The number of aromatic carboxylic acids is 1. The van der Waals surface area contributed by atoms with Crippen molar-refractivity contribution in [1.82, 2.24) is 9.97 Å². The smallest absolute Gasteiger partial charge is 0.337 e. The Kier molecular flexibility index (Phi) is 4.90. The monoisotopic (exact) mass is 391 g/mol. The first-order chi connectivity index (χ1) is 13.7. The topological polar surface area (TPSA) is 84.3 Å². The van der Waals surface area contributed by atoms with Crippen molar-refractivity contribution >= 4 is 39.0 Å². The standard InChI is InChI=1S/C21H17N3O3S/c1-2-27-14-9-7-13(8-10-14)16-11-28-20-18(16)19(22-12-23-20)24-17-6-4-3-5-15(17)21(25)26/h3-12H,2H2,1H3,(H,25,26)(H,22,23,24). The average Bonchev–Trinajstić information content (AvgIpc) is 3.14. The Morgan fingerprint density at radius 1 is 1.14 bits per heavy atom. The van der Waals surface area contributed by atoms with E-state index in [0.29, 0.717) is 18.1 Å². The van der Waals surface area contributed by atoms with E-state index in [4.69, 9.17) is 4.74 Å². The van der Waals surface area contributed by atoms with Crippen LogP contribution in [-0.2, 0) is 0 Å². The Morgan fingerprint density at radius 3 is 2.68 bits per heavy atom. The van der Waals surface area contributed by atoms with Gasteiger partial charge in [-0.05, 0) is 36.8 Å². The lowest BCUT2D eigenvalue weighted by atomic mass is 10.1. The van der Waals surface area contributed by atoms with Gasteiger partial charge in [0.2, 0.25) is 0 Å². The number of carboxylic acid groups (broad SMARTS) is 1. The van der Waals surface area contributed by atoms with Crippen molar-refractivity contribution in [3.63, 3.8) is 0 Å². The number of fused-ring (bicyclic) bond motifs is 1. The summed E-state index contributed by atoms with van der Waals surface area (Å²) in [7, 11) is 0. The van der Waals surface area contributed by atoms with Crippen LogP contribution in [0.15, 0.2) is 60.2 Å². The molecule has 2 aromatic heterocycles. The zero-order valence-corrected chi connectivity index (χ0v) is 15.9. The first kappa shape index (κ1) is 17.9. The minimum absolute atomic E-state index is 0.187. The van der Waals surface area contributed by atoms with E-state index in [9.17, 15) is 9.90 Å². The largest absolute Gasteiger partial charge is 0.494 e. The normalized spacial score (nSPS) is 10.8. The number of para-hydroxylation sites is 1. The molecule has 2 heterocycles. The predicted octanol–water partition coefficient (Wildman–Crippen LogP) is 5.20. The van der Waals surface area contributed by atoms with E-state index in [0.717, 1.165) is 27.1 Å². The van der Waals surface area contributed by atoms with Crippen LogP contribution in [0.4, 0.5) is 11.5 Å². The number of nitrogens with zero attached hydrogens (tertiary/aromatic N) is 2. The Morgan fingerprint density at radius 2 is 1.93 bits per heavy atom. The van der Waals surface area contributed by atoms with Crippen LogP contribution in [0.2, 0.25) is 0 Å². The summed E-state index contributed by atoms with van der Waals surface area (Å²) in [6.45, 7) is 2.57. The number of carbonyl (C=O) groups is 1. The molecule has 0 amide bonds. The molecule has 6 nitrogen and oxygen atoms in total. The van der Waals surface area contributed by atoms with Gasteiger partial charge in [-0.1, -0.05) is 24.3 Å². The molecule has 28 heavy (non-hydrogen) atoms. The highest BCUT2D eigenvalue weighted by Gasteiger charge is 2.16. The van der Waals surface area contributed by atoms with Crippen molar-refractivity contribution in [1.29, 1.82) is 0 Å². The van der Waals surface area contributed by atoms with Crippen molar-refractivity contribution in [3.8, 4) is 16.9 Å². The van der Waals surface area contributed by atoms with Crippen LogP contribution in [-0.4, -0.2) is 27.7 Å². The molecule has 0 unspecified atom stereocenters. The number of aromatic nitrogens is 2. The minimum atomic E-state index is -0.995. The molecule has 4 aromatic rings. The van der Waals surface area contributed by atoms with E-state index in [1.807, 2.05) is 36.6 Å². The Labute approximate surface area is 165 Å². The number of rotatable bonds is 6. The minimum Gasteiger partial charge on any atom is -0.494 e.